The molecule has 0 spiro atoms. The van der Waals surface area contributed by atoms with Crippen LogP contribution in [0.25, 0.3) is 5.69 Å². The number of benzene rings is 2. The summed E-state index contributed by atoms with van der Waals surface area (Å²) in [5.74, 6) is -0.0526. The van der Waals surface area contributed by atoms with E-state index in [0.717, 1.165) is 22.6 Å². The van der Waals surface area contributed by atoms with Crippen molar-refractivity contribution in [1.29, 1.82) is 0 Å². The van der Waals surface area contributed by atoms with Gasteiger partial charge in [-0.3, -0.25) is 14.8 Å². The molecule has 1 aliphatic rings. The first-order valence-electron chi connectivity index (χ1n) is 8.86. The second-order valence-electron chi connectivity index (χ2n) is 7.25. The minimum absolute atomic E-state index is 0.0526. The summed E-state index contributed by atoms with van der Waals surface area (Å²) in [6.45, 7) is 5.83. The highest BCUT2D eigenvalue weighted by atomic mass is 16.3. The van der Waals surface area contributed by atoms with Gasteiger partial charge in [0, 0.05) is 17.2 Å². The van der Waals surface area contributed by atoms with Gasteiger partial charge in [-0.25, -0.2) is 0 Å². The molecule has 0 saturated carbocycles. The molecule has 2 aromatic carbocycles. The summed E-state index contributed by atoms with van der Waals surface area (Å²) in [5.41, 5.74) is 6.44. The number of rotatable bonds is 3. The Labute approximate surface area is 157 Å². The van der Waals surface area contributed by atoms with Gasteiger partial charge in [0.1, 0.15) is 11.3 Å². The monoisotopic (exact) mass is 359 g/mol. The molecule has 3 aromatic rings. The Kier molecular flexibility index (Phi) is 3.88. The predicted molar refractivity (Wildman–Crippen MR) is 108 cm³/mol. The predicted octanol–water partition coefficient (Wildman–Crippen LogP) is 4.02. The fourth-order valence-electron chi connectivity index (χ4n) is 3.69. The SMILES string of the molecule is C/C(=N\Nc1ccccc1)c1c(O)cc2n(c1=O)-c1ccccc1C2(C)C. The number of hydrogen-bond donors (Lipinski definition) is 2. The van der Waals surface area contributed by atoms with Crippen LogP contribution in [0.1, 0.15) is 37.6 Å². The molecule has 0 unspecified atom stereocenters. The van der Waals surface area contributed by atoms with E-state index in [0.29, 0.717) is 5.71 Å². The maximum Gasteiger partial charge on any atom is 0.268 e. The summed E-state index contributed by atoms with van der Waals surface area (Å²) >= 11 is 0. The number of hydrazone groups is 1. The van der Waals surface area contributed by atoms with Crippen molar-refractivity contribution in [3.63, 3.8) is 0 Å². The number of nitrogens with zero attached hydrogens (tertiary/aromatic N) is 2. The van der Waals surface area contributed by atoms with Crippen molar-refractivity contribution in [3.05, 3.63) is 87.8 Å². The molecule has 136 valence electrons. The van der Waals surface area contributed by atoms with Crippen LogP contribution < -0.4 is 11.0 Å². The highest BCUT2D eigenvalue weighted by molar-refractivity contribution is 6.01. The summed E-state index contributed by atoms with van der Waals surface area (Å²) in [7, 11) is 0. The van der Waals surface area contributed by atoms with Crippen LogP contribution in [0.15, 0.2) is 70.6 Å². The average molecular weight is 359 g/mol. The first-order chi connectivity index (χ1) is 12.9. The van der Waals surface area contributed by atoms with Crippen LogP contribution in [0.2, 0.25) is 0 Å². The Morgan fingerprint density at radius 2 is 1.74 bits per heavy atom. The molecule has 0 atom stereocenters. The van der Waals surface area contributed by atoms with Crippen LogP contribution in [0.5, 0.6) is 5.75 Å². The summed E-state index contributed by atoms with van der Waals surface area (Å²) in [5, 5.41) is 14.9. The zero-order chi connectivity index (χ0) is 19.2. The van der Waals surface area contributed by atoms with E-state index in [-0.39, 0.29) is 22.3 Å². The Balaban J connectivity index is 1.85. The van der Waals surface area contributed by atoms with Gasteiger partial charge in [0.05, 0.1) is 17.1 Å². The quantitative estimate of drug-likeness (QED) is 0.548. The molecule has 0 amide bonds. The second kappa shape index (κ2) is 6.13. The molecule has 0 saturated heterocycles. The fourth-order valence-corrected chi connectivity index (χ4v) is 3.69. The summed E-state index contributed by atoms with van der Waals surface area (Å²) < 4.78 is 1.69. The van der Waals surface area contributed by atoms with Crippen molar-refractivity contribution >= 4 is 11.4 Å². The number of fused-ring (bicyclic) bond motifs is 3. The van der Waals surface area contributed by atoms with E-state index in [1.807, 2.05) is 54.6 Å². The lowest BCUT2D eigenvalue weighted by Gasteiger charge is -2.20. The third-order valence-corrected chi connectivity index (χ3v) is 5.13. The normalized spacial score (nSPS) is 14.6. The van der Waals surface area contributed by atoms with E-state index in [9.17, 15) is 9.90 Å². The molecular weight excluding hydrogens is 338 g/mol. The maximum atomic E-state index is 13.3. The summed E-state index contributed by atoms with van der Waals surface area (Å²) in [6.07, 6.45) is 0. The number of pyridine rings is 1. The molecule has 0 bridgehead atoms. The van der Waals surface area contributed by atoms with E-state index in [1.54, 1.807) is 17.6 Å². The van der Waals surface area contributed by atoms with Gasteiger partial charge in [-0.05, 0) is 30.7 Å². The number of para-hydroxylation sites is 2. The van der Waals surface area contributed by atoms with Gasteiger partial charge in [-0.2, -0.15) is 5.10 Å². The smallest absolute Gasteiger partial charge is 0.268 e. The summed E-state index contributed by atoms with van der Waals surface area (Å²) in [4.78, 5) is 13.3. The van der Waals surface area contributed by atoms with Crippen molar-refractivity contribution in [3.8, 4) is 11.4 Å². The van der Waals surface area contributed by atoms with Crippen molar-refractivity contribution in [1.82, 2.24) is 4.57 Å². The Morgan fingerprint density at radius 1 is 1.07 bits per heavy atom. The minimum Gasteiger partial charge on any atom is -0.507 e. The minimum atomic E-state index is -0.362. The zero-order valence-corrected chi connectivity index (χ0v) is 15.5. The number of anilines is 1. The van der Waals surface area contributed by atoms with Crippen molar-refractivity contribution < 1.29 is 5.11 Å². The van der Waals surface area contributed by atoms with Crippen LogP contribution in [-0.4, -0.2) is 15.4 Å². The van der Waals surface area contributed by atoms with Gasteiger partial charge < -0.3 is 5.11 Å². The molecule has 0 radical (unpaired) electrons. The molecule has 2 N–H and O–H groups in total. The largest absolute Gasteiger partial charge is 0.507 e. The Morgan fingerprint density at radius 3 is 2.48 bits per heavy atom. The topological polar surface area (TPSA) is 66.6 Å². The van der Waals surface area contributed by atoms with Gasteiger partial charge >= 0.3 is 0 Å². The Bertz CT molecular complexity index is 1110. The lowest BCUT2D eigenvalue weighted by molar-refractivity contribution is 0.467. The molecule has 1 aliphatic heterocycles. The van der Waals surface area contributed by atoms with Crippen molar-refractivity contribution in [2.45, 2.75) is 26.2 Å². The molecule has 1 aromatic heterocycles. The number of nitrogens with one attached hydrogen (secondary N) is 1. The van der Waals surface area contributed by atoms with E-state index < -0.39 is 0 Å². The molecular formula is C22H21N3O2. The van der Waals surface area contributed by atoms with Gasteiger partial charge in [-0.15, -0.1) is 0 Å². The molecule has 0 aliphatic carbocycles. The van der Waals surface area contributed by atoms with E-state index in [1.165, 1.54) is 0 Å². The average Bonchev–Trinajstić information content (AvgIpc) is 2.89. The molecule has 4 rings (SSSR count). The highest BCUT2D eigenvalue weighted by Gasteiger charge is 2.37. The Hall–Kier alpha value is -3.34. The highest BCUT2D eigenvalue weighted by Crippen LogP contribution is 2.42. The fraction of sp³-hybridized carbons (Fsp3) is 0.182. The van der Waals surface area contributed by atoms with Crippen molar-refractivity contribution in [2.24, 2.45) is 5.10 Å². The van der Waals surface area contributed by atoms with Crippen LogP contribution in [0, 0.1) is 0 Å². The van der Waals surface area contributed by atoms with E-state index in [2.05, 4.69) is 24.4 Å². The molecule has 2 heterocycles. The van der Waals surface area contributed by atoms with E-state index in [4.69, 9.17) is 0 Å². The van der Waals surface area contributed by atoms with Crippen molar-refractivity contribution in [2.75, 3.05) is 5.43 Å². The number of aromatic hydroxyl groups is 1. The zero-order valence-electron chi connectivity index (χ0n) is 15.5. The van der Waals surface area contributed by atoms with Crippen LogP contribution in [-0.2, 0) is 5.41 Å². The standard InChI is InChI=1S/C22H21N3O2/c1-14(23-24-15-9-5-4-6-10-15)20-18(26)13-19-22(2,3)16-11-7-8-12-17(16)25(19)21(20)27/h4-13,24,26H,1-3H3/b23-14+. The molecule has 0 fully saturated rings. The second-order valence-corrected chi connectivity index (χ2v) is 7.25. The number of hydrogen-bond acceptors (Lipinski definition) is 4. The van der Waals surface area contributed by atoms with Gasteiger partial charge in [0.15, 0.2) is 0 Å². The molecule has 5 heteroatoms. The first kappa shape index (κ1) is 17.1. The molecule has 27 heavy (non-hydrogen) atoms. The third-order valence-electron chi connectivity index (χ3n) is 5.13. The molecule has 5 nitrogen and oxygen atoms in total. The first-order valence-corrected chi connectivity index (χ1v) is 8.86. The maximum absolute atomic E-state index is 13.3. The van der Waals surface area contributed by atoms with Crippen LogP contribution in [0.4, 0.5) is 5.69 Å². The third kappa shape index (κ3) is 2.63. The summed E-state index contributed by atoms with van der Waals surface area (Å²) in [6, 6.07) is 19.0. The van der Waals surface area contributed by atoms with Gasteiger partial charge in [-0.1, -0.05) is 50.2 Å². The van der Waals surface area contributed by atoms with E-state index >= 15 is 0 Å². The van der Waals surface area contributed by atoms with Gasteiger partial charge in [0.25, 0.3) is 5.56 Å². The van der Waals surface area contributed by atoms with Crippen LogP contribution >= 0.6 is 0 Å². The lowest BCUT2D eigenvalue weighted by Crippen LogP contribution is -2.28. The van der Waals surface area contributed by atoms with Gasteiger partial charge in [0.2, 0.25) is 0 Å². The number of aromatic nitrogens is 1. The lowest BCUT2D eigenvalue weighted by atomic mass is 9.83. The van der Waals surface area contributed by atoms with Crippen LogP contribution in [0.3, 0.4) is 0 Å².